The van der Waals surface area contributed by atoms with Crippen molar-refractivity contribution < 1.29 is 22.9 Å². The molecule has 7 nitrogen and oxygen atoms in total. The second kappa shape index (κ2) is 6.90. The van der Waals surface area contributed by atoms with Gasteiger partial charge in [-0.3, -0.25) is 9.35 Å². The molecule has 1 amide bonds. The number of carbonyl (C=O) groups is 1. The monoisotopic (exact) mass is 264 g/mol. The second-order valence-corrected chi connectivity index (χ2v) is 5.34. The molecule has 0 aliphatic heterocycles. The van der Waals surface area contributed by atoms with Gasteiger partial charge in [-0.1, -0.05) is 0 Å². The van der Waals surface area contributed by atoms with Crippen LogP contribution >= 0.6 is 0 Å². The Morgan fingerprint density at radius 3 is 2.25 bits per heavy atom. The van der Waals surface area contributed by atoms with Crippen molar-refractivity contribution in [1.82, 2.24) is 5.32 Å². The van der Waals surface area contributed by atoms with Gasteiger partial charge in [0.25, 0.3) is 10.1 Å². The number of carbonyl (C=O) groups excluding carboxylic acids is 1. The van der Waals surface area contributed by atoms with Crippen molar-refractivity contribution in [3.8, 4) is 0 Å². The Labute approximate surface area is 117 Å². The zero-order chi connectivity index (χ0) is 12.3. The minimum absolute atomic E-state index is 0. The van der Waals surface area contributed by atoms with Crippen molar-refractivity contribution in [2.45, 2.75) is 25.4 Å². The van der Waals surface area contributed by atoms with E-state index >= 15 is 0 Å². The predicted octanol–water partition coefficient (Wildman–Crippen LogP) is -2.56. The molecular weight excluding hydrogens is 247 g/mol. The standard InChI is InChI=1S/C7H16N2O5S.Na.H/c1-7(2,4-15(12,13)14)9-6(11)5(8)3-10;;/h5,10H,3-4,8H2,1-2H3,(H,9,11)(H,12,13,14);;/t5-;;/m0../s1. The van der Waals surface area contributed by atoms with Crippen LogP contribution in [0.15, 0.2) is 0 Å². The maximum atomic E-state index is 11.2. The van der Waals surface area contributed by atoms with Gasteiger partial charge in [-0.05, 0) is 13.8 Å². The first kappa shape index (κ1) is 18.7. The SMILES string of the molecule is CC(C)(CS(=O)(=O)O)NC(=O)[C@@H](N)CO.[NaH]. The van der Waals surface area contributed by atoms with Crippen LogP contribution in [0.2, 0.25) is 0 Å². The Morgan fingerprint density at radius 1 is 1.50 bits per heavy atom. The first-order valence-corrected chi connectivity index (χ1v) is 5.82. The molecule has 0 bridgehead atoms. The number of aliphatic hydroxyl groups is 1. The summed E-state index contributed by atoms with van der Waals surface area (Å²) in [6.45, 7) is 2.30. The molecule has 0 radical (unpaired) electrons. The molecule has 0 aromatic rings. The molecule has 0 saturated heterocycles. The quantitative estimate of drug-likeness (QED) is 0.319. The van der Waals surface area contributed by atoms with Gasteiger partial charge in [0, 0.05) is 0 Å². The van der Waals surface area contributed by atoms with Crippen LogP contribution in [0.4, 0.5) is 0 Å². The molecule has 0 rings (SSSR count). The number of nitrogens with one attached hydrogen (secondary N) is 1. The van der Waals surface area contributed by atoms with E-state index < -0.39 is 40.0 Å². The third-order valence-electron chi connectivity index (χ3n) is 1.54. The zero-order valence-corrected chi connectivity index (χ0v) is 9.41. The Balaban J connectivity index is 0. The number of rotatable bonds is 5. The molecule has 0 aromatic carbocycles. The van der Waals surface area contributed by atoms with Crippen LogP contribution in [-0.4, -0.2) is 77.5 Å². The van der Waals surface area contributed by atoms with E-state index in [2.05, 4.69) is 5.32 Å². The van der Waals surface area contributed by atoms with Crippen molar-refractivity contribution in [3.05, 3.63) is 0 Å². The van der Waals surface area contributed by atoms with Gasteiger partial charge >= 0.3 is 29.6 Å². The Morgan fingerprint density at radius 2 is 1.94 bits per heavy atom. The molecule has 0 spiro atoms. The van der Waals surface area contributed by atoms with E-state index in [-0.39, 0.29) is 29.6 Å². The number of amides is 1. The number of nitrogens with two attached hydrogens (primary N) is 1. The minimum atomic E-state index is -4.18. The van der Waals surface area contributed by atoms with Crippen LogP contribution in [0, 0.1) is 0 Å². The van der Waals surface area contributed by atoms with Crippen molar-refractivity contribution in [2.24, 2.45) is 5.73 Å². The molecule has 0 aromatic heterocycles. The van der Waals surface area contributed by atoms with Crippen LogP contribution in [0.1, 0.15) is 13.8 Å². The van der Waals surface area contributed by atoms with Crippen molar-refractivity contribution in [3.63, 3.8) is 0 Å². The second-order valence-electron chi connectivity index (χ2n) is 3.89. The zero-order valence-electron chi connectivity index (χ0n) is 8.60. The number of hydrogen-bond donors (Lipinski definition) is 4. The van der Waals surface area contributed by atoms with Crippen LogP contribution < -0.4 is 11.1 Å². The van der Waals surface area contributed by atoms with E-state index in [1.165, 1.54) is 13.8 Å². The Bertz CT molecular complexity index is 330. The summed E-state index contributed by atoms with van der Waals surface area (Å²) in [5, 5.41) is 10.9. The summed E-state index contributed by atoms with van der Waals surface area (Å²) in [5.41, 5.74) is 4.07. The van der Waals surface area contributed by atoms with Crippen LogP contribution in [-0.2, 0) is 14.9 Å². The van der Waals surface area contributed by atoms with Crippen LogP contribution in [0.3, 0.4) is 0 Å². The van der Waals surface area contributed by atoms with Gasteiger partial charge in [0.2, 0.25) is 5.91 Å². The molecule has 0 saturated carbocycles. The van der Waals surface area contributed by atoms with Crippen LogP contribution in [0.5, 0.6) is 0 Å². The summed E-state index contributed by atoms with van der Waals surface area (Å²) >= 11 is 0. The van der Waals surface area contributed by atoms with Crippen molar-refractivity contribution in [2.75, 3.05) is 12.4 Å². The molecule has 0 aliphatic carbocycles. The number of hydrogen-bond acceptors (Lipinski definition) is 5. The molecule has 9 heteroatoms. The summed E-state index contributed by atoms with van der Waals surface area (Å²) in [4.78, 5) is 11.2. The molecule has 0 fully saturated rings. The fraction of sp³-hybridized carbons (Fsp3) is 0.857. The van der Waals surface area contributed by atoms with Crippen molar-refractivity contribution in [1.29, 1.82) is 0 Å². The fourth-order valence-electron chi connectivity index (χ4n) is 1.00. The first-order valence-electron chi connectivity index (χ1n) is 4.21. The maximum absolute atomic E-state index is 11.2. The first-order chi connectivity index (χ1) is 6.57. The topological polar surface area (TPSA) is 130 Å². The van der Waals surface area contributed by atoms with E-state index in [9.17, 15) is 13.2 Å². The Kier molecular flexibility index (Phi) is 8.04. The third kappa shape index (κ3) is 8.45. The van der Waals surface area contributed by atoms with Gasteiger partial charge in [0.15, 0.2) is 0 Å². The summed E-state index contributed by atoms with van der Waals surface area (Å²) in [6.07, 6.45) is 0. The van der Waals surface area contributed by atoms with Gasteiger partial charge in [-0.2, -0.15) is 8.42 Å². The summed E-state index contributed by atoms with van der Waals surface area (Å²) in [6, 6.07) is -1.11. The summed E-state index contributed by atoms with van der Waals surface area (Å²) in [5.74, 6) is -1.30. The number of aliphatic hydroxyl groups excluding tert-OH is 1. The van der Waals surface area contributed by atoms with E-state index in [0.29, 0.717) is 0 Å². The molecule has 0 heterocycles. The van der Waals surface area contributed by atoms with E-state index in [1.54, 1.807) is 0 Å². The van der Waals surface area contributed by atoms with E-state index in [1.807, 2.05) is 0 Å². The molecule has 92 valence electrons. The molecule has 16 heavy (non-hydrogen) atoms. The summed E-state index contributed by atoms with van der Waals surface area (Å²) < 4.78 is 29.8. The third-order valence-corrected chi connectivity index (χ3v) is 2.62. The van der Waals surface area contributed by atoms with Gasteiger partial charge in [-0.25, -0.2) is 0 Å². The fourth-order valence-corrected chi connectivity index (χ4v) is 1.99. The molecule has 0 aliphatic rings. The van der Waals surface area contributed by atoms with E-state index in [4.69, 9.17) is 15.4 Å². The van der Waals surface area contributed by atoms with Crippen molar-refractivity contribution >= 4 is 45.6 Å². The molecule has 0 unspecified atom stereocenters. The Hall–Kier alpha value is 0.300. The van der Waals surface area contributed by atoms with E-state index in [0.717, 1.165) is 0 Å². The normalized spacial score (nSPS) is 13.8. The molecular formula is C7H17N2NaO5S. The predicted molar refractivity (Wildman–Crippen MR) is 60.8 cm³/mol. The average Bonchev–Trinajstić information content (AvgIpc) is 1.96. The average molecular weight is 264 g/mol. The summed E-state index contributed by atoms with van der Waals surface area (Å²) in [7, 11) is -4.18. The van der Waals surface area contributed by atoms with Crippen LogP contribution in [0.25, 0.3) is 0 Å². The van der Waals surface area contributed by atoms with Gasteiger partial charge in [-0.15, -0.1) is 0 Å². The van der Waals surface area contributed by atoms with Gasteiger partial charge in [0.1, 0.15) is 6.04 Å². The molecule has 1 atom stereocenters. The molecule has 5 N–H and O–H groups in total. The van der Waals surface area contributed by atoms with Gasteiger partial charge < -0.3 is 16.2 Å². The van der Waals surface area contributed by atoms with Gasteiger partial charge in [0.05, 0.1) is 17.9 Å².